The molecule has 8 heteroatoms. The van der Waals surface area contributed by atoms with Crippen LogP contribution in [0.1, 0.15) is 13.3 Å². The van der Waals surface area contributed by atoms with E-state index in [-0.39, 0.29) is 12.4 Å². The summed E-state index contributed by atoms with van der Waals surface area (Å²) in [6.45, 7) is 1.51. The zero-order valence-electron chi connectivity index (χ0n) is 13.4. The number of hydrogen-bond acceptors (Lipinski definition) is 8. The zero-order valence-corrected chi connectivity index (χ0v) is 13.4. The molecule has 6 atom stereocenters. The highest BCUT2D eigenvalue weighted by atomic mass is 16.7. The maximum Gasteiger partial charge on any atom is 0.187 e. The second kappa shape index (κ2) is 8.61. The molecule has 1 aromatic carbocycles. The lowest BCUT2D eigenvalue weighted by atomic mass is 9.99. The fraction of sp³-hybridized carbons (Fsp3) is 0.625. The molecule has 0 aliphatic carbocycles. The number of phenols is 1. The van der Waals surface area contributed by atoms with Gasteiger partial charge in [-0.15, -0.1) is 0 Å². The molecule has 0 amide bonds. The number of benzene rings is 1. The Morgan fingerprint density at radius 2 is 1.75 bits per heavy atom. The van der Waals surface area contributed by atoms with Gasteiger partial charge in [0.05, 0.1) is 12.7 Å². The van der Waals surface area contributed by atoms with E-state index in [1.165, 1.54) is 12.1 Å². The third-order valence-electron chi connectivity index (χ3n) is 3.90. The van der Waals surface area contributed by atoms with E-state index in [0.29, 0.717) is 12.2 Å². The average Bonchev–Trinajstić information content (AvgIpc) is 2.59. The van der Waals surface area contributed by atoms with Gasteiger partial charge in [0.1, 0.15) is 42.5 Å². The first-order valence-corrected chi connectivity index (χ1v) is 7.84. The average molecular weight is 344 g/mol. The van der Waals surface area contributed by atoms with Crippen LogP contribution in [-0.2, 0) is 9.47 Å². The van der Waals surface area contributed by atoms with Gasteiger partial charge in [-0.2, -0.15) is 0 Å². The summed E-state index contributed by atoms with van der Waals surface area (Å²) in [5.74, 6) is 0.676. The number of aliphatic hydroxyl groups is 4. The van der Waals surface area contributed by atoms with E-state index in [2.05, 4.69) is 0 Å². The van der Waals surface area contributed by atoms with Crippen LogP contribution < -0.4 is 4.74 Å². The summed E-state index contributed by atoms with van der Waals surface area (Å²) < 4.78 is 16.5. The fourth-order valence-electron chi connectivity index (χ4n) is 2.35. The van der Waals surface area contributed by atoms with E-state index in [0.717, 1.165) is 0 Å². The van der Waals surface area contributed by atoms with Crippen molar-refractivity contribution in [3.05, 3.63) is 24.3 Å². The smallest absolute Gasteiger partial charge is 0.187 e. The third-order valence-corrected chi connectivity index (χ3v) is 3.90. The van der Waals surface area contributed by atoms with Crippen LogP contribution in [0, 0.1) is 0 Å². The molecule has 0 bridgehead atoms. The summed E-state index contributed by atoms with van der Waals surface area (Å²) in [7, 11) is 0. The number of aromatic hydroxyl groups is 1. The van der Waals surface area contributed by atoms with Gasteiger partial charge in [-0.3, -0.25) is 0 Å². The lowest BCUT2D eigenvalue weighted by Gasteiger charge is -2.40. The molecule has 5 N–H and O–H groups in total. The molecular formula is C16H24O8. The Morgan fingerprint density at radius 3 is 2.33 bits per heavy atom. The van der Waals surface area contributed by atoms with Gasteiger partial charge in [-0.25, -0.2) is 0 Å². The van der Waals surface area contributed by atoms with Crippen molar-refractivity contribution in [1.29, 1.82) is 0 Å². The SMILES string of the molecule is CCC(COc1ccc(O)cc1)O[C@@H]1O[C@H](CO)[C@@H](O)[C@H](O)[C@H]1O. The minimum Gasteiger partial charge on any atom is -0.508 e. The Balaban J connectivity index is 1.92. The maximum atomic E-state index is 9.97. The zero-order chi connectivity index (χ0) is 17.7. The standard InChI is InChI=1S/C16H24O8/c1-2-10(8-22-11-5-3-9(18)4-6-11)23-16-15(21)14(20)13(19)12(7-17)24-16/h3-6,10,12-21H,2,7-8H2,1H3/t10?,12-,13-,14+,15-,16-/m1/s1. The van der Waals surface area contributed by atoms with Gasteiger partial charge in [0, 0.05) is 0 Å². The summed E-state index contributed by atoms with van der Waals surface area (Å²) in [5.41, 5.74) is 0. The van der Waals surface area contributed by atoms with Crippen molar-refractivity contribution in [2.45, 2.75) is 50.2 Å². The monoisotopic (exact) mass is 344 g/mol. The first kappa shape index (κ1) is 18.9. The Bertz CT molecular complexity index is 491. The number of hydrogen-bond donors (Lipinski definition) is 5. The second-order valence-electron chi connectivity index (χ2n) is 5.67. The molecule has 1 heterocycles. The quantitative estimate of drug-likeness (QED) is 0.442. The van der Waals surface area contributed by atoms with Crippen LogP contribution in [0.2, 0.25) is 0 Å². The van der Waals surface area contributed by atoms with Crippen LogP contribution in [0.5, 0.6) is 11.5 Å². The topological polar surface area (TPSA) is 129 Å². The summed E-state index contributed by atoms with van der Waals surface area (Å²) in [6, 6.07) is 6.20. The van der Waals surface area contributed by atoms with E-state index < -0.39 is 43.4 Å². The van der Waals surface area contributed by atoms with Gasteiger partial charge in [-0.1, -0.05) is 6.92 Å². The Labute approximate surface area is 139 Å². The molecule has 1 unspecified atom stereocenters. The Morgan fingerprint density at radius 1 is 1.08 bits per heavy atom. The predicted octanol–water partition coefficient (Wildman–Crippen LogP) is -0.634. The van der Waals surface area contributed by atoms with E-state index >= 15 is 0 Å². The molecule has 8 nitrogen and oxygen atoms in total. The molecule has 1 saturated heterocycles. The molecular weight excluding hydrogens is 320 g/mol. The molecule has 1 fully saturated rings. The van der Waals surface area contributed by atoms with E-state index in [1.807, 2.05) is 6.92 Å². The molecule has 1 aliphatic heterocycles. The van der Waals surface area contributed by atoms with Crippen molar-refractivity contribution >= 4 is 0 Å². The molecule has 1 aromatic rings. The van der Waals surface area contributed by atoms with Crippen LogP contribution in [0.15, 0.2) is 24.3 Å². The van der Waals surface area contributed by atoms with Crippen LogP contribution in [-0.4, -0.2) is 75.6 Å². The molecule has 136 valence electrons. The molecule has 0 spiro atoms. The summed E-state index contributed by atoms with van der Waals surface area (Å²) in [5, 5.41) is 47.9. The third kappa shape index (κ3) is 4.56. The number of rotatable bonds is 7. The van der Waals surface area contributed by atoms with Crippen molar-refractivity contribution in [3.63, 3.8) is 0 Å². The van der Waals surface area contributed by atoms with Crippen molar-refractivity contribution in [1.82, 2.24) is 0 Å². The molecule has 0 aromatic heterocycles. The summed E-state index contributed by atoms with van der Waals surface area (Å²) >= 11 is 0. The van der Waals surface area contributed by atoms with Crippen molar-refractivity contribution in [2.75, 3.05) is 13.2 Å². The van der Waals surface area contributed by atoms with Crippen molar-refractivity contribution in [3.8, 4) is 11.5 Å². The minimum absolute atomic E-state index is 0.131. The number of aliphatic hydroxyl groups excluding tert-OH is 4. The van der Waals surface area contributed by atoms with Gasteiger partial charge in [0.25, 0.3) is 0 Å². The molecule has 2 rings (SSSR count). The van der Waals surface area contributed by atoms with Crippen LogP contribution in [0.3, 0.4) is 0 Å². The molecule has 0 saturated carbocycles. The summed E-state index contributed by atoms with van der Waals surface area (Å²) in [4.78, 5) is 0. The van der Waals surface area contributed by atoms with Crippen LogP contribution in [0.25, 0.3) is 0 Å². The Kier molecular flexibility index (Phi) is 6.79. The second-order valence-corrected chi connectivity index (χ2v) is 5.67. The van der Waals surface area contributed by atoms with Crippen LogP contribution in [0.4, 0.5) is 0 Å². The lowest BCUT2D eigenvalue weighted by Crippen LogP contribution is -2.59. The first-order valence-electron chi connectivity index (χ1n) is 7.84. The highest BCUT2D eigenvalue weighted by molar-refractivity contribution is 5.30. The molecule has 24 heavy (non-hydrogen) atoms. The maximum absolute atomic E-state index is 9.97. The highest BCUT2D eigenvalue weighted by Gasteiger charge is 2.44. The fourth-order valence-corrected chi connectivity index (χ4v) is 2.35. The van der Waals surface area contributed by atoms with E-state index in [4.69, 9.17) is 14.2 Å². The minimum atomic E-state index is -1.48. The lowest BCUT2D eigenvalue weighted by molar-refractivity contribution is -0.312. The Hall–Kier alpha value is -1.42. The van der Waals surface area contributed by atoms with Gasteiger partial charge in [-0.05, 0) is 30.7 Å². The van der Waals surface area contributed by atoms with Gasteiger partial charge >= 0.3 is 0 Å². The summed E-state index contributed by atoms with van der Waals surface area (Å²) in [6.07, 6.45) is -6.43. The highest BCUT2D eigenvalue weighted by Crippen LogP contribution is 2.24. The van der Waals surface area contributed by atoms with Gasteiger partial charge in [0.15, 0.2) is 6.29 Å². The van der Waals surface area contributed by atoms with Crippen molar-refractivity contribution in [2.24, 2.45) is 0 Å². The van der Waals surface area contributed by atoms with Gasteiger partial charge < -0.3 is 39.7 Å². The normalized spacial score (nSPS) is 31.6. The number of phenolic OH excluding ortho intramolecular Hbond substituents is 1. The van der Waals surface area contributed by atoms with Gasteiger partial charge in [0.2, 0.25) is 0 Å². The van der Waals surface area contributed by atoms with Crippen molar-refractivity contribution < 1.29 is 39.7 Å². The largest absolute Gasteiger partial charge is 0.508 e. The van der Waals surface area contributed by atoms with E-state index in [9.17, 15) is 25.5 Å². The first-order chi connectivity index (χ1) is 11.5. The van der Waals surface area contributed by atoms with E-state index in [1.54, 1.807) is 12.1 Å². The van der Waals surface area contributed by atoms with Crippen LogP contribution >= 0.6 is 0 Å². The number of ether oxygens (including phenoxy) is 3. The predicted molar refractivity (Wildman–Crippen MR) is 82.5 cm³/mol. The molecule has 1 aliphatic rings. The molecule has 0 radical (unpaired) electrons.